The first-order valence-corrected chi connectivity index (χ1v) is 9.72. The molecule has 3 rings (SSSR count). The maximum absolute atomic E-state index is 12.1. The molecule has 1 amide bonds. The summed E-state index contributed by atoms with van der Waals surface area (Å²) in [5.41, 5.74) is 1.67. The zero-order chi connectivity index (χ0) is 21.5. The lowest BCUT2D eigenvalue weighted by Gasteiger charge is -2.10. The summed E-state index contributed by atoms with van der Waals surface area (Å²) in [6.45, 7) is 0. The number of nitro groups is 1. The van der Waals surface area contributed by atoms with Gasteiger partial charge in [0.25, 0.3) is 5.69 Å². The second-order valence-corrected chi connectivity index (χ2v) is 6.96. The summed E-state index contributed by atoms with van der Waals surface area (Å²) in [5, 5.41) is 22.4. The third kappa shape index (κ3) is 5.23. The van der Waals surface area contributed by atoms with E-state index < -0.39 is 4.92 Å². The van der Waals surface area contributed by atoms with Gasteiger partial charge in [-0.25, -0.2) is 0 Å². The third-order valence-corrected chi connectivity index (χ3v) is 4.94. The quantitative estimate of drug-likeness (QED) is 0.328. The number of methoxy groups -OCH3 is 2. The molecule has 0 aliphatic carbocycles. The van der Waals surface area contributed by atoms with Crippen LogP contribution < -0.4 is 14.8 Å². The summed E-state index contributed by atoms with van der Waals surface area (Å²) in [6.07, 6.45) is 0. The number of hydrogen-bond acceptors (Lipinski definition) is 8. The van der Waals surface area contributed by atoms with Crippen LogP contribution in [-0.4, -0.2) is 41.0 Å². The van der Waals surface area contributed by atoms with Gasteiger partial charge >= 0.3 is 0 Å². The lowest BCUT2D eigenvalue weighted by atomic mass is 10.1. The van der Waals surface area contributed by atoms with Gasteiger partial charge in [-0.15, -0.1) is 10.2 Å². The lowest BCUT2D eigenvalue weighted by Crippen LogP contribution is -2.14. The monoisotopic (exact) mass is 426 g/mol. The molecule has 0 atom stereocenters. The van der Waals surface area contributed by atoms with Gasteiger partial charge in [0.15, 0.2) is 0 Å². The minimum atomic E-state index is -0.515. The number of thioether (sulfide) groups is 1. The van der Waals surface area contributed by atoms with Gasteiger partial charge in [0.2, 0.25) is 5.91 Å². The second-order valence-electron chi connectivity index (χ2n) is 5.97. The van der Waals surface area contributed by atoms with Gasteiger partial charge in [-0.2, -0.15) is 0 Å². The van der Waals surface area contributed by atoms with Gasteiger partial charge in [0.1, 0.15) is 16.5 Å². The van der Waals surface area contributed by atoms with Gasteiger partial charge in [0, 0.05) is 29.4 Å². The summed E-state index contributed by atoms with van der Waals surface area (Å²) in [4.78, 5) is 22.4. The number of nitrogens with one attached hydrogen (secondary N) is 1. The molecule has 10 heteroatoms. The van der Waals surface area contributed by atoms with Crippen molar-refractivity contribution >= 4 is 29.0 Å². The molecule has 1 N–H and O–H groups in total. The summed E-state index contributed by atoms with van der Waals surface area (Å²) in [5.74, 6) is 1.07. The predicted molar refractivity (Wildman–Crippen MR) is 113 cm³/mol. The first kappa shape index (κ1) is 21.1. The van der Waals surface area contributed by atoms with E-state index >= 15 is 0 Å². The van der Waals surface area contributed by atoms with E-state index in [1.165, 1.54) is 30.0 Å². The Morgan fingerprint density at radius 2 is 1.93 bits per heavy atom. The van der Waals surface area contributed by atoms with Crippen LogP contribution in [0.2, 0.25) is 0 Å². The second kappa shape index (κ2) is 9.70. The van der Waals surface area contributed by atoms with Crippen LogP contribution in [0.25, 0.3) is 11.3 Å². The maximum Gasteiger partial charge on any atom is 0.271 e. The average Bonchev–Trinajstić information content (AvgIpc) is 2.77. The molecule has 0 radical (unpaired) electrons. The Hall–Kier alpha value is -3.66. The van der Waals surface area contributed by atoms with Crippen molar-refractivity contribution < 1.29 is 19.2 Å². The van der Waals surface area contributed by atoms with Crippen LogP contribution in [0.1, 0.15) is 0 Å². The highest BCUT2D eigenvalue weighted by atomic mass is 32.2. The number of rotatable bonds is 8. The largest absolute Gasteiger partial charge is 0.497 e. The molecule has 0 saturated carbocycles. The molecule has 0 aliphatic rings. The molecular formula is C20H18N4O5S. The zero-order valence-corrected chi connectivity index (χ0v) is 17.0. The smallest absolute Gasteiger partial charge is 0.271 e. The SMILES string of the molecule is COc1ccc(-c2ccc(SCC(=O)Nc3cccc([N+](=O)[O-])c3)nn2)c(OC)c1. The van der Waals surface area contributed by atoms with Gasteiger partial charge in [-0.3, -0.25) is 14.9 Å². The van der Waals surface area contributed by atoms with Gasteiger partial charge in [0.05, 0.1) is 30.6 Å². The van der Waals surface area contributed by atoms with Crippen LogP contribution in [0.5, 0.6) is 11.5 Å². The summed E-state index contributed by atoms with van der Waals surface area (Å²) >= 11 is 1.21. The van der Waals surface area contributed by atoms with Crippen LogP contribution in [0.3, 0.4) is 0 Å². The van der Waals surface area contributed by atoms with E-state index in [4.69, 9.17) is 9.47 Å². The fourth-order valence-corrected chi connectivity index (χ4v) is 3.20. The molecular weight excluding hydrogens is 408 g/mol. The number of carbonyl (C=O) groups is 1. The molecule has 0 saturated heterocycles. The lowest BCUT2D eigenvalue weighted by molar-refractivity contribution is -0.384. The van der Waals surface area contributed by atoms with Crippen molar-refractivity contribution in [1.82, 2.24) is 10.2 Å². The number of nitrogens with zero attached hydrogens (tertiary/aromatic N) is 3. The summed E-state index contributed by atoms with van der Waals surface area (Å²) in [7, 11) is 3.14. The van der Waals surface area contributed by atoms with E-state index in [0.29, 0.717) is 27.9 Å². The molecule has 0 spiro atoms. The van der Waals surface area contributed by atoms with Crippen molar-refractivity contribution in [2.24, 2.45) is 0 Å². The number of hydrogen-bond donors (Lipinski definition) is 1. The topological polar surface area (TPSA) is 116 Å². The van der Waals surface area contributed by atoms with Gasteiger partial charge in [-0.05, 0) is 30.3 Å². The molecule has 0 aliphatic heterocycles. The summed E-state index contributed by atoms with van der Waals surface area (Å²) in [6, 6.07) is 14.7. The molecule has 1 aromatic heterocycles. The first-order valence-electron chi connectivity index (χ1n) is 8.73. The van der Waals surface area contributed by atoms with Crippen LogP contribution in [0.15, 0.2) is 59.6 Å². The first-order chi connectivity index (χ1) is 14.5. The van der Waals surface area contributed by atoms with Crippen LogP contribution in [0.4, 0.5) is 11.4 Å². The van der Waals surface area contributed by atoms with Crippen molar-refractivity contribution in [3.05, 3.63) is 64.7 Å². The summed E-state index contributed by atoms with van der Waals surface area (Å²) < 4.78 is 10.6. The van der Waals surface area contributed by atoms with E-state index in [9.17, 15) is 14.9 Å². The van der Waals surface area contributed by atoms with E-state index in [0.717, 1.165) is 5.56 Å². The zero-order valence-electron chi connectivity index (χ0n) is 16.2. The number of carbonyl (C=O) groups excluding carboxylic acids is 1. The minimum absolute atomic E-state index is 0.0859. The number of anilines is 1. The van der Waals surface area contributed by atoms with Gasteiger partial charge < -0.3 is 14.8 Å². The fourth-order valence-electron chi connectivity index (χ4n) is 2.58. The number of benzene rings is 2. The average molecular weight is 426 g/mol. The fraction of sp³-hybridized carbons (Fsp3) is 0.150. The number of nitro benzene ring substituents is 1. The van der Waals surface area contributed by atoms with E-state index in [-0.39, 0.29) is 17.3 Å². The van der Waals surface area contributed by atoms with Crippen molar-refractivity contribution in [3.63, 3.8) is 0 Å². The van der Waals surface area contributed by atoms with E-state index in [1.807, 2.05) is 6.07 Å². The molecule has 154 valence electrons. The minimum Gasteiger partial charge on any atom is -0.497 e. The Balaban J connectivity index is 1.62. The van der Waals surface area contributed by atoms with Crippen LogP contribution in [0, 0.1) is 10.1 Å². The molecule has 9 nitrogen and oxygen atoms in total. The van der Waals surface area contributed by atoms with E-state index in [1.54, 1.807) is 44.6 Å². The highest BCUT2D eigenvalue weighted by molar-refractivity contribution is 7.99. The number of non-ortho nitro benzene ring substituents is 1. The Morgan fingerprint density at radius 1 is 1.10 bits per heavy atom. The van der Waals surface area contributed by atoms with Gasteiger partial charge in [-0.1, -0.05) is 17.8 Å². The molecule has 30 heavy (non-hydrogen) atoms. The number of ether oxygens (including phenoxy) is 2. The Morgan fingerprint density at radius 3 is 2.60 bits per heavy atom. The van der Waals surface area contributed by atoms with Crippen LogP contribution >= 0.6 is 11.8 Å². The normalized spacial score (nSPS) is 10.3. The standard InChI is InChI=1S/C20H18N4O5S/c1-28-15-6-7-16(18(11-15)29-2)17-8-9-20(23-22-17)30-12-19(25)21-13-4-3-5-14(10-13)24(26)27/h3-11H,12H2,1-2H3,(H,21,25). The molecule has 1 heterocycles. The third-order valence-electron chi connectivity index (χ3n) is 4.02. The van der Waals surface area contributed by atoms with Crippen molar-refractivity contribution in [3.8, 4) is 22.8 Å². The molecule has 2 aromatic carbocycles. The number of aromatic nitrogens is 2. The van der Waals surface area contributed by atoms with E-state index in [2.05, 4.69) is 15.5 Å². The van der Waals surface area contributed by atoms with Crippen LogP contribution in [-0.2, 0) is 4.79 Å². The Bertz CT molecular complexity index is 1060. The maximum atomic E-state index is 12.1. The molecule has 0 fully saturated rings. The van der Waals surface area contributed by atoms with Crippen molar-refractivity contribution in [2.75, 3.05) is 25.3 Å². The molecule has 0 unspecified atom stereocenters. The highest BCUT2D eigenvalue weighted by Crippen LogP contribution is 2.32. The highest BCUT2D eigenvalue weighted by Gasteiger charge is 2.12. The molecule has 0 bridgehead atoms. The Labute approximate surface area is 176 Å². The number of amides is 1. The molecule has 3 aromatic rings. The van der Waals surface area contributed by atoms with Crippen molar-refractivity contribution in [1.29, 1.82) is 0 Å². The predicted octanol–water partition coefficient (Wildman–Crippen LogP) is 3.80. The van der Waals surface area contributed by atoms with Crippen molar-refractivity contribution in [2.45, 2.75) is 5.03 Å². The Kier molecular flexibility index (Phi) is 6.81.